The number of hydrogen-bond donors (Lipinski definition) is 4. The molecule has 9 nitrogen and oxygen atoms in total. The summed E-state index contributed by atoms with van der Waals surface area (Å²) in [4.78, 5) is 32.8. The number of nitro groups is 1. The number of hydrazine groups is 1. The van der Waals surface area contributed by atoms with Crippen LogP contribution in [0.1, 0.15) is 23.7 Å². The van der Waals surface area contributed by atoms with Gasteiger partial charge >= 0.3 is 0 Å². The summed E-state index contributed by atoms with van der Waals surface area (Å²) in [6, 6.07) is 3.34. The average Bonchev–Trinajstić information content (AvgIpc) is 2.36. The van der Waals surface area contributed by atoms with Gasteiger partial charge in [0.2, 0.25) is 5.91 Å². The number of amides is 2. The van der Waals surface area contributed by atoms with Gasteiger partial charge in [0.1, 0.15) is 5.69 Å². The van der Waals surface area contributed by atoms with Gasteiger partial charge in [-0.2, -0.15) is 0 Å². The second kappa shape index (κ2) is 6.48. The number of carbonyl (C=O) groups excluding carboxylic acids is 2. The zero-order valence-electron chi connectivity index (χ0n) is 10.8. The number of primary amides is 1. The molecule has 1 aromatic carbocycles. The number of nitro benzene ring substituents is 1. The molecule has 0 heterocycles. The van der Waals surface area contributed by atoms with Crippen LogP contribution in [0.4, 0.5) is 11.4 Å². The summed E-state index contributed by atoms with van der Waals surface area (Å²) in [7, 11) is 0. The third-order valence-electron chi connectivity index (χ3n) is 2.50. The zero-order chi connectivity index (χ0) is 15.3. The number of nitrogens with zero attached hydrogens (tertiary/aromatic N) is 1. The van der Waals surface area contributed by atoms with E-state index in [0.29, 0.717) is 0 Å². The summed E-state index contributed by atoms with van der Waals surface area (Å²) >= 11 is 0. The first-order chi connectivity index (χ1) is 9.35. The van der Waals surface area contributed by atoms with Gasteiger partial charge in [-0.3, -0.25) is 25.5 Å². The number of nitrogen functional groups attached to an aromatic ring is 1. The summed E-state index contributed by atoms with van der Waals surface area (Å²) in [6.07, 6.45) is -0.0176. The van der Waals surface area contributed by atoms with Gasteiger partial charge in [-0.15, -0.1) is 0 Å². The maximum Gasteiger partial charge on any atom is 0.294 e. The largest absolute Gasteiger partial charge is 0.370 e. The Morgan fingerprint density at radius 1 is 1.45 bits per heavy atom. The van der Waals surface area contributed by atoms with Crippen molar-refractivity contribution in [2.75, 3.05) is 5.43 Å². The van der Waals surface area contributed by atoms with Gasteiger partial charge in [-0.05, 0) is 19.1 Å². The molecule has 1 rings (SSSR count). The number of rotatable bonds is 6. The average molecular weight is 281 g/mol. The molecule has 1 atom stereocenters. The van der Waals surface area contributed by atoms with Crippen LogP contribution in [0.3, 0.4) is 0 Å². The van der Waals surface area contributed by atoms with Gasteiger partial charge in [0.25, 0.3) is 11.6 Å². The van der Waals surface area contributed by atoms with Crippen molar-refractivity contribution in [1.29, 1.82) is 0 Å². The van der Waals surface area contributed by atoms with Crippen LogP contribution >= 0.6 is 0 Å². The Balaban J connectivity index is 2.91. The molecule has 9 heteroatoms. The highest BCUT2D eigenvalue weighted by Crippen LogP contribution is 2.24. The minimum atomic E-state index is -0.654. The maximum absolute atomic E-state index is 11.9. The first-order valence-corrected chi connectivity index (χ1v) is 5.69. The lowest BCUT2D eigenvalue weighted by atomic mass is 10.1. The summed E-state index contributed by atoms with van der Waals surface area (Å²) in [6.45, 7) is 1.60. The Morgan fingerprint density at radius 3 is 2.60 bits per heavy atom. The molecule has 0 aliphatic carbocycles. The van der Waals surface area contributed by atoms with Crippen molar-refractivity contribution in [3.05, 3.63) is 33.9 Å². The molecule has 0 saturated carbocycles. The monoisotopic (exact) mass is 281 g/mol. The fraction of sp³-hybridized carbons (Fsp3) is 0.273. The molecule has 0 aliphatic heterocycles. The first-order valence-electron chi connectivity index (χ1n) is 5.69. The third-order valence-corrected chi connectivity index (χ3v) is 2.50. The molecule has 0 radical (unpaired) electrons. The number of nitrogens with one attached hydrogen (secondary N) is 2. The highest BCUT2D eigenvalue weighted by atomic mass is 16.6. The van der Waals surface area contributed by atoms with E-state index in [1.807, 2.05) is 0 Å². The maximum atomic E-state index is 11.9. The van der Waals surface area contributed by atoms with Crippen LogP contribution in [0.25, 0.3) is 0 Å². The molecule has 1 unspecified atom stereocenters. The molecule has 0 aromatic heterocycles. The van der Waals surface area contributed by atoms with E-state index in [1.165, 1.54) is 12.1 Å². The van der Waals surface area contributed by atoms with Crippen molar-refractivity contribution in [3.63, 3.8) is 0 Å². The van der Waals surface area contributed by atoms with Crippen molar-refractivity contribution < 1.29 is 14.5 Å². The van der Waals surface area contributed by atoms with Crippen LogP contribution in [-0.4, -0.2) is 22.8 Å². The Labute approximate surface area is 114 Å². The van der Waals surface area contributed by atoms with Gasteiger partial charge in [-0.25, -0.2) is 0 Å². The van der Waals surface area contributed by atoms with Gasteiger partial charge in [0.05, 0.1) is 4.92 Å². The Hall–Kier alpha value is -2.68. The van der Waals surface area contributed by atoms with Gasteiger partial charge in [0, 0.05) is 24.1 Å². The second-order valence-electron chi connectivity index (χ2n) is 4.18. The van der Waals surface area contributed by atoms with Crippen LogP contribution in [0.15, 0.2) is 18.2 Å². The van der Waals surface area contributed by atoms with E-state index in [1.54, 1.807) is 6.92 Å². The summed E-state index contributed by atoms with van der Waals surface area (Å²) < 4.78 is 0. The molecule has 20 heavy (non-hydrogen) atoms. The number of anilines is 1. The fourth-order valence-electron chi connectivity index (χ4n) is 1.61. The van der Waals surface area contributed by atoms with Gasteiger partial charge in [-0.1, -0.05) is 0 Å². The molecule has 2 amide bonds. The zero-order valence-corrected chi connectivity index (χ0v) is 10.8. The minimum Gasteiger partial charge on any atom is -0.370 e. The van der Waals surface area contributed by atoms with E-state index in [9.17, 15) is 19.7 Å². The molecule has 0 spiro atoms. The Morgan fingerprint density at radius 2 is 2.10 bits per heavy atom. The summed E-state index contributed by atoms with van der Waals surface area (Å²) in [5, 5.41) is 13.4. The van der Waals surface area contributed by atoms with Crippen molar-refractivity contribution in [1.82, 2.24) is 5.32 Å². The van der Waals surface area contributed by atoms with E-state index in [-0.39, 0.29) is 23.4 Å². The second-order valence-corrected chi connectivity index (χ2v) is 4.18. The molecular weight excluding hydrogens is 266 g/mol. The smallest absolute Gasteiger partial charge is 0.294 e. The van der Waals surface area contributed by atoms with Crippen LogP contribution in [0, 0.1) is 10.1 Å². The third kappa shape index (κ3) is 3.92. The lowest BCUT2D eigenvalue weighted by Crippen LogP contribution is -2.35. The number of carbonyl (C=O) groups is 2. The Kier molecular flexibility index (Phi) is 4.98. The molecule has 6 N–H and O–H groups in total. The van der Waals surface area contributed by atoms with Crippen molar-refractivity contribution in [2.45, 2.75) is 19.4 Å². The van der Waals surface area contributed by atoms with E-state index < -0.39 is 22.8 Å². The number of hydrogen-bond acceptors (Lipinski definition) is 6. The summed E-state index contributed by atoms with van der Waals surface area (Å²) in [5.41, 5.74) is 7.05. The van der Waals surface area contributed by atoms with Crippen LogP contribution < -0.4 is 22.3 Å². The molecule has 1 aromatic rings. The molecule has 0 aliphatic rings. The number of benzene rings is 1. The highest BCUT2D eigenvalue weighted by molar-refractivity contribution is 5.96. The minimum absolute atomic E-state index is 0.0176. The molecular formula is C11H15N5O4. The van der Waals surface area contributed by atoms with Crippen LogP contribution in [0.5, 0.6) is 0 Å². The molecule has 0 fully saturated rings. The molecule has 0 saturated heterocycles. The number of nitrogens with two attached hydrogens (primary N) is 2. The fourth-order valence-corrected chi connectivity index (χ4v) is 1.61. The quantitative estimate of drug-likeness (QED) is 0.323. The molecule has 108 valence electrons. The Bertz CT molecular complexity index is 546. The van der Waals surface area contributed by atoms with E-state index >= 15 is 0 Å². The molecule has 0 bridgehead atoms. The first kappa shape index (κ1) is 15.4. The van der Waals surface area contributed by atoms with E-state index in [0.717, 1.165) is 6.07 Å². The van der Waals surface area contributed by atoms with Crippen LogP contribution in [-0.2, 0) is 4.79 Å². The lowest BCUT2D eigenvalue weighted by molar-refractivity contribution is -0.384. The van der Waals surface area contributed by atoms with E-state index in [2.05, 4.69) is 10.7 Å². The predicted octanol–water partition coefficient (Wildman–Crippen LogP) is -0.126. The van der Waals surface area contributed by atoms with Crippen molar-refractivity contribution >= 4 is 23.2 Å². The predicted molar refractivity (Wildman–Crippen MR) is 71.6 cm³/mol. The van der Waals surface area contributed by atoms with E-state index in [4.69, 9.17) is 11.6 Å². The SMILES string of the molecule is CC(CC(N)=O)NC(=O)c1ccc(NN)c([N+](=O)[O-])c1. The highest BCUT2D eigenvalue weighted by Gasteiger charge is 2.18. The van der Waals surface area contributed by atoms with Crippen molar-refractivity contribution in [3.8, 4) is 0 Å². The van der Waals surface area contributed by atoms with Gasteiger partial charge < -0.3 is 16.5 Å². The summed E-state index contributed by atoms with van der Waals surface area (Å²) in [5.74, 6) is 4.06. The van der Waals surface area contributed by atoms with Crippen LogP contribution in [0.2, 0.25) is 0 Å². The van der Waals surface area contributed by atoms with Crippen molar-refractivity contribution in [2.24, 2.45) is 11.6 Å². The van der Waals surface area contributed by atoms with Gasteiger partial charge in [0.15, 0.2) is 0 Å². The normalized spacial score (nSPS) is 11.5. The lowest BCUT2D eigenvalue weighted by Gasteiger charge is -2.12. The topological polar surface area (TPSA) is 153 Å². The standard InChI is InChI=1S/C11H15N5O4/c1-6(4-10(12)17)14-11(18)7-2-3-8(15-13)9(5-7)16(19)20/h2-3,5-6,15H,4,13H2,1H3,(H2,12,17)(H,14,18).